The van der Waals surface area contributed by atoms with Crippen LogP contribution in [0.3, 0.4) is 0 Å². The fourth-order valence-corrected chi connectivity index (χ4v) is 5.21. The number of carboxylic acids is 1. The topological polar surface area (TPSA) is 98.4 Å². The maximum Gasteiger partial charge on any atom is 0.356 e. The minimum Gasteiger partial charge on any atom is -0.496 e. The molecule has 2 N–H and O–H groups in total. The average Bonchev–Trinajstić information content (AvgIpc) is 3.30. The Balaban J connectivity index is 2.06. The van der Waals surface area contributed by atoms with Crippen molar-refractivity contribution in [1.82, 2.24) is 14.1 Å². The molecule has 0 fully saturated rings. The normalized spacial score (nSPS) is 12.0. The monoisotopic (exact) mass is 568 g/mol. The highest BCUT2D eigenvalue weighted by Gasteiger charge is 2.32. The largest absolute Gasteiger partial charge is 0.496 e. The maximum absolute atomic E-state index is 12.7. The van der Waals surface area contributed by atoms with Crippen molar-refractivity contribution in [2.45, 2.75) is 46.3 Å². The molecule has 204 valence electrons. The molecule has 1 unspecified atom stereocenters. The fraction of sp³-hybridized carbons (Fsp3) is 0.276. The first-order valence-electron chi connectivity index (χ1n) is 12.5. The van der Waals surface area contributed by atoms with Gasteiger partial charge in [-0.1, -0.05) is 41.4 Å². The number of nitrogens with one attached hydrogen (secondary N) is 1. The number of hydrogen-bond acceptors (Lipinski definition) is 5. The van der Waals surface area contributed by atoms with Crippen LogP contribution in [0.25, 0.3) is 11.4 Å². The van der Waals surface area contributed by atoms with Gasteiger partial charge < -0.3 is 24.3 Å². The van der Waals surface area contributed by atoms with Gasteiger partial charge in [0.25, 0.3) is 5.56 Å². The van der Waals surface area contributed by atoms with E-state index >= 15 is 0 Å². The van der Waals surface area contributed by atoms with Crippen molar-refractivity contribution in [1.29, 1.82) is 0 Å². The molecule has 0 aliphatic rings. The molecule has 0 spiro atoms. The van der Waals surface area contributed by atoms with E-state index in [1.807, 2.05) is 68.7 Å². The van der Waals surface area contributed by atoms with E-state index in [-0.39, 0.29) is 22.3 Å². The van der Waals surface area contributed by atoms with Gasteiger partial charge in [0.2, 0.25) is 0 Å². The van der Waals surface area contributed by atoms with Gasteiger partial charge in [0.15, 0.2) is 5.69 Å². The zero-order valence-electron chi connectivity index (χ0n) is 22.3. The van der Waals surface area contributed by atoms with E-state index < -0.39 is 12.0 Å². The molecule has 2 aromatic carbocycles. The number of nitrogens with zero attached hydrogens (tertiary/aromatic N) is 3. The number of anilines is 1. The second-order valence-electron chi connectivity index (χ2n) is 9.38. The van der Waals surface area contributed by atoms with E-state index in [0.29, 0.717) is 40.1 Å². The zero-order chi connectivity index (χ0) is 28.4. The molecule has 0 aliphatic carbocycles. The first kappa shape index (κ1) is 28.3. The van der Waals surface area contributed by atoms with Crippen LogP contribution in [-0.2, 0) is 6.54 Å². The predicted octanol–water partition coefficient (Wildman–Crippen LogP) is 6.84. The third kappa shape index (κ3) is 5.53. The molecule has 4 aromatic rings. The van der Waals surface area contributed by atoms with E-state index in [4.69, 9.17) is 27.9 Å². The summed E-state index contributed by atoms with van der Waals surface area (Å²) in [5, 5.41) is 14.4. The standard InChI is InChI=1S/C29H30Cl2N4O4/c1-6-34-15-19(14-22(31)28(34)36)32-24(20-12-11-18(30)13-17(20)4)26-25(29(37)38)33-27(35(26)16(2)3)21-9-7-8-10-23(21)39-5/h7-16,24,32H,6H2,1-5H3,(H,37,38). The van der Waals surface area contributed by atoms with Crippen LogP contribution in [0.1, 0.15) is 60.2 Å². The highest BCUT2D eigenvalue weighted by Crippen LogP contribution is 2.39. The summed E-state index contributed by atoms with van der Waals surface area (Å²) in [5.41, 5.74) is 2.88. The molecule has 0 bridgehead atoms. The molecule has 0 aliphatic heterocycles. The van der Waals surface area contributed by atoms with E-state index in [1.165, 1.54) is 4.57 Å². The Morgan fingerprint density at radius 1 is 1.15 bits per heavy atom. The van der Waals surface area contributed by atoms with Gasteiger partial charge in [-0.25, -0.2) is 9.78 Å². The summed E-state index contributed by atoms with van der Waals surface area (Å²) in [7, 11) is 1.56. The lowest BCUT2D eigenvalue weighted by Crippen LogP contribution is -2.24. The van der Waals surface area contributed by atoms with Crippen LogP contribution < -0.4 is 15.6 Å². The molecule has 1 atom stereocenters. The number of imidazole rings is 1. The van der Waals surface area contributed by atoms with E-state index in [1.54, 1.807) is 25.4 Å². The summed E-state index contributed by atoms with van der Waals surface area (Å²) in [6.45, 7) is 8.11. The van der Waals surface area contributed by atoms with E-state index in [0.717, 1.165) is 11.1 Å². The number of aromatic nitrogens is 3. The van der Waals surface area contributed by atoms with Crippen LogP contribution in [0.5, 0.6) is 5.75 Å². The molecular formula is C29H30Cl2N4O4. The molecule has 2 aromatic heterocycles. The lowest BCUT2D eigenvalue weighted by atomic mass is 9.96. The number of aromatic carboxylic acids is 1. The molecule has 2 heterocycles. The van der Waals surface area contributed by atoms with Gasteiger partial charge in [-0.2, -0.15) is 0 Å². The molecule has 0 saturated carbocycles. The molecule has 0 saturated heterocycles. The lowest BCUT2D eigenvalue weighted by Gasteiger charge is -2.27. The number of rotatable bonds is 9. The summed E-state index contributed by atoms with van der Waals surface area (Å²) < 4.78 is 8.99. The number of halogens is 2. The number of ether oxygens (including phenoxy) is 1. The van der Waals surface area contributed by atoms with Crippen LogP contribution in [0.2, 0.25) is 10.0 Å². The number of carbonyl (C=O) groups is 1. The number of carboxylic acid groups (broad SMARTS) is 1. The number of methoxy groups -OCH3 is 1. The molecule has 4 rings (SSSR count). The third-order valence-corrected chi connectivity index (χ3v) is 7.03. The van der Waals surface area contributed by atoms with Crippen molar-refractivity contribution in [2.75, 3.05) is 12.4 Å². The van der Waals surface area contributed by atoms with E-state index in [2.05, 4.69) is 10.3 Å². The first-order chi connectivity index (χ1) is 18.6. The van der Waals surface area contributed by atoms with Crippen LogP contribution in [0.15, 0.2) is 59.5 Å². The van der Waals surface area contributed by atoms with Gasteiger partial charge in [0.05, 0.1) is 30.1 Å². The smallest absolute Gasteiger partial charge is 0.356 e. The molecule has 8 nitrogen and oxygen atoms in total. The number of aryl methyl sites for hydroxylation is 2. The Morgan fingerprint density at radius 2 is 1.87 bits per heavy atom. The summed E-state index contributed by atoms with van der Waals surface area (Å²) in [6.07, 6.45) is 1.67. The Bertz CT molecular complexity index is 1590. The molecule has 39 heavy (non-hydrogen) atoms. The van der Waals surface area contributed by atoms with Gasteiger partial charge in [-0.05, 0) is 69.2 Å². The van der Waals surface area contributed by atoms with Crippen LogP contribution in [0.4, 0.5) is 5.69 Å². The highest BCUT2D eigenvalue weighted by atomic mass is 35.5. The Kier molecular flexibility index (Phi) is 8.37. The SMILES string of the molecule is CCn1cc(NC(c2ccc(Cl)cc2C)c2c(C(=O)O)nc(-c3ccccc3OC)n2C(C)C)cc(Cl)c1=O. The fourth-order valence-electron chi connectivity index (χ4n) is 4.76. The predicted molar refractivity (Wildman–Crippen MR) is 155 cm³/mol. The Morgan fingerprint density at radius 3 is 2.49 bits per heavy atom. The minimum atomic E-state index is -1.17. The van der Waals surface area contributed by atoms with Crippen molar-refractivity contribution in [3.8, 4) is 17.1 Å². The van der Waals surface area contributed by atoms with Gasteiger partial charge in [-0.3, -0.25) is 4.79 Å². The van der Waals surface area contributed by atoms with Crippen molar-refractivity contribution in [3.63, 3.8) is 0 Å². The molecule has 0 radical (unpaired) electrons. The van der Waals surface area contributed by atoms with Gasteiger partial charge in [-0.15, -0.1) is 0 Å². The Labute approximate surface area is 236 Å². The van der Waals surface area contributed by atoms with Crippen LogP contribution in [0, 0.1) is 6.92 Å². The van der Waals surface area contributed by atoms with Crippen LogP contribution >= 0.6 is 23.2 Å². The number of para-hydroxylation sites is 1. The maximum atomic E-state index is 12.7. The first-order valence-corrected chi connectivity index (χ1v) is 13.2. The van der Waals surface area contributed by atoms with Crippen molar-refractivity contribution >= 4 is 34.9 Å². The van der Waals surface area contributed by atoms with Crippen molar-refractivity contribution < 1.29 is 14.6 Å². The molecule has 10 heteroatoms. The summed E-state index contributed by atoms with van der Waals surface area (Å²) in [6, 6.07) is 13.5. The quantitative estimate of drug-likeness (QED) is 0.229. The van der Waals surface area contributed by atoms with Crippen molar-refractivity contribution in [2.24, 2.45) is 0 Å². The van der Waals surface area contributed by atoms with Crippen LogP contribution in [-0.4, -0.2) is 32.3 Å². The lowest BCUT2D eigenvalue weighted by molar-refractivity contribution is 0.0689. The van der Waals surface area contributed by atoms with Gasteiger partial charge in [0, 0.05) is 23.8 Å². The summed E-state index contributed by atoms with van der Waals surface area (Å²) in [4.78, 5) is 29.8. The van der Waals surface area contributed by atoms with Gasteiger partial charge in [0.1, 0.15) is 16.6 Å². The Hall–Kier alpha value is -3.75. The van der Waals surface area contributed by atoms with E-state index in [9.17, 15) is 14.7 Å². The summed E-state index contributed by atoms with van der Waals surface area (Å²) >= 11 is 12.6. The number of hydrogen-bond donors (Lipinski definition) is 2. The molecule has 0 amide bonds. The average molecular weight is 569 g/mol. The zero-order valence-corrected chi connectivity index (χ0v) is 23.8. The van der Waals surface area contributed by atoms with Crippen molar-refractivity contribution in [3.05, 3.63) is 97.6 Å². The molecular weight excluding hydrogens is 539 g/mol. The van der Waals surface area contributed by atoms with Gasteiger partial charge >= 0.3 is 5.97 Å². The highest BCUT2D eigenvalue weighted by molar-refractivity contribution is 6.31. The second-order valence-corrected chi connectivity index (χ2v) is 10.2. The number of benzene rings is 2. The third-order valence-electron chi connectivity index (χ3n) is 6.53. The minimum absolute atomic E-state index is 0.0546. The summed E-state index contributed by atoms with van der Waals surface area (Å²) in [5.74, 6) is -0.137. The number of pyridine rings is 1. The second kappa shape index (κ2) is 11.6.